The molecule has 1 unspecified atom stereocenters. The molecule has 1 atom stereocenters. The summed E-state index contributed by atoms with van der Waals surface area (Å²) in [4.78, 5) is 0. The van der Waals surface area contributed by atoms with Crippen molar-refractivity contribution in [3.63, 3.8) is 0 Å². The van der Waals surface area contributed by atoms with Crippen LogP contribution >= 0.6 is 11.6 Å². The summed E-state index contributed by atoms with van der Waals surface area (Å²) in [6, 6.07) is 5.39. The average molecular weight is 270 g/mol. The molecule has 0 aliphatic heterocycles. The number of nitrogens with one attached hydrogen (secondary N) is 1. The maximum absolute atomic E-state index is 13.2. The molecular weight excluding hydrogens is 249 g/mol. The minimum Gasteiger partial charge on any atom is -0.310 e. The molecule has 1 aliphatic carbocycles. The fourth-order valence-electron chi connectivity index (χ4n) is 2.24. The van der Waals surface area contributed by atoms with Crippen molar-refractivity contribution in [3.8, 4) is 0 Å². The predicted molar refractivity (Wildman–Crippen MR) is 74.4 cm³/mol. The first kappa shape index (κ1) is 13.8. The molecule has 0 aromatic heterocycles. The molecule has 1 aromatic rings. The Morgan fingerprint density at radius 2 is 2.22 bits per heavy atom. The van der Waals surface area contributed by atoms with E-state index in [1.165, 1.54) is 25.3 Å². The van der Waals surface area contributed by atoms with Crippen molar-refractivity contribution >= 4 is 11.6 Å². The lowest BCUT2D eigenvalue weighted by Crippen LogP contribution is -2.22. The minimum absolute atomic E-state index is 0.224. The van der Waals surface area contributed by atoms with Gasteiger partial charge in [-0.25, -0.2) is 4.39 Å². The van der Waals surface area contributed by atoms with Gasteiger partial charge in [-0.1, -0.05) is 37.4 Å². The van der Waals surface area contributed by atoms with Crippen molar-refractivity contribution in [2.24, 2.45) is 5.92 Å². The Balaban J connectivity index is 2.01. The summed E-state index contributed by atoms with van der Waals surface area (Å²) in [7, 11) is 0. The zero-order valence-corrected chi connectivity index (χ0v) is 11.6. The Bertz CT molecular complexity index is 390. The van der Waals surface area contributed by atoms with Crippen LogP contribution in [0.1, 0.15) is 50.6 Å². The van der Waals surface area contributed by atoms with E-state index in [9.17, 15) is 4.39 Å². The number of halogens is 2. The van der Waals surface area contributed by atoms with Crippen LogP contribution in [0, 0.1) is 11.7 Å². The SMILES string of the molecule is CCCNC(CCC1CC1)c1ccc(F)c(Cl)c1. The van der Waals surface area contributed by atoms with E-state index in [-0.39, 0.29) is 10.8 Å². The van der Waals surface area contributed by atoms with Crippen LogP contribution in [0.3, 0.4) is 0 Å². The highest BCUT2D eigenvalue weighted by Crippen LogP contribution is 2.36. The highest BCUT2D eigenvalue weighted by atomic mass is 35.5. The van der Waals surface area contributed by atoms with Gasteiger partial charge in [0.2, 0.25) is 0 Å². The first-order valence-electron chi connectivity index (χ1n) is 6.89. The third kappa shape index (κ3) is 3.96. The van der Waals surface area contributed by atoms with E-state index in [1.54, 1.807) is 6.07 Å². The summed E-state index contributed by atoms with van der Waals surface area (Å²) in [5.41, 5.74) is 1.11. The van der Waals surface area contributed by atoms with Crippen LogP contribution in [0.5, 0.6) is 0 Å². The molecule has 0 spiro atoms. The first-order valence-corrected chi connectivity index (χ1v) is 7.26. The van der Waals surface area contributed by atoms with E-state index in [4.69, 9.17) is 11.6 Å². The molecule has 1 nitrogen and oxygen atoms in total. The monoisotopic (exact) mass is 269 g/mol. The van der Waals surface area contributed by atoms with E-state index < -0.39 is 0 Å². The fourth-order valence-corrected chi connectivity index (χ4v) is 2.43. The van der Waals surface area contributed by atoms with E-state index >= 15 is 0 Å². The molecule has 1 aliphatic rings. The predicted octanol–water partition coefficient (Wildman–Crippen LogP) is 4.71. The van der Waals surface area contributed by atoms with E-state index in [0.29, 0.717) is 6.04 Å². The molecule has 100 valence electrons. The van der Waals surface area contributed by atoms with Gasteiger partial charge in [0, 0.05) is 6.04 Å². The molecule has 18 heavy (non-hydrogen) atoms. The Morgan fingerprint density at radius 3 is 2.83 bits per heavy atom. The van der Waals surface area contributed by atoms with Crippen LogP contribution in [0.25, 0.3) is 0 Å². The van der Waals surface area contributed by atoms with Crippen LogP contribution in [-0.2, 0) is 0 Å². The lowest BCUT2D eigenvalue weighted by atomic mass is 10.00. The molecule has 1 fully saturated rings. The van der Waals surface area contributed by atoms with E-state index in [1.807, 2.05) is 6.07 Å². The molecule has 0 heterocycles. The van der Waals surface area contributed by atoms with Gasteiger partial charge in [0.1, 0.15) is 5.82 Å². The lowest BCUT2D eigenvalue weighted by molar-refractivity contribution is 0.469. The fraction of sp³-hybridized carbons (Fsp3) is 0.600. The molecule has 0 amide bonds. The van der Waals surface area contributed by atoms with Crippen molar-refractivity contribution in [3.05, 3.63) is 34.6 Å². The van der Waals surface area contributed by atoms with Gasteiger partial charge in [-0.05, 0) is 49.4 Å². The zero-order chi connectivity index (χ0) is 13.0. The van der Waals surface area contributed by atoms with Gasteiger partial charge in [-0.15, -0.1) is 0 Å². The van der Waals surface area contributed by atoms with Gasteiger partial charge >= 0.3 is 0 Å². The molecule has 1 saturated carbocycles. The second-order valence-corrected chi connectivity index (χ2v) is 5.61. The van der Waals surface area contributed by atoms with Gasteiger partial charge in [0.15, 0.2) is 0 Å². The van der Waals surface area contributed by atoms with Crippen LogP contribution in [0.2, 0.25) is 5.02 Å². The number of rotatable bonds is 7. The molecular formula is C15H21ClFN. The second kappa shape index (κ2) is 6.53. The minimum atomic E-state index is -0.336. The third-order valence-electron chi connectivity index (χ3n) is 3.55. The number of benzene rings is 1. The molecule has 1 N–H and O–H groups in total. The molecule has 0 radical (unpaired) electrons. The zero-order valence-electron chi connectivity index (χ0n) is 10.9. The average Bonchev–Trinajstić information content (AvgIpc) is 3.17. The molecule has 2 rings (SSSR count). The van der Waals surface area contributed by atoms with Crippen molar-refractivity contribution in [2.75, 3.05) is 6.54 Å². The maximum atomic E-state index is 13.2. The number of hydrogen-bond acceptors (Lipinski definition) is 1. The standard InChI is InChI=1S/C15H21ClFN/c1-2-9-18-15(8-5-11-3-4-11)12-6-7-14(17)13(16)10-12/h6-7,10-11,15,18H,2-5,8-9H2,1H3. The van der Waals surface area contributed by atoms with Gasteiger partial charge in [-0.2, -0.15) is 0 Å². The molecule has 1 aromatic carbocycles. The highest BCUT2D eigenvalue weighted by molar-refractivity contribution is 6.30. The highest BCUT2D eigenvalue weighted by Gasteiger charge is 2.23. The van der Waals surface area contributed by atoms with E-state index in [0.717, 1.165) is 30.9 Å². The lowest BCUT2D eigenvalue weighted by Gasteiger charge is -2.19. The van der Waals surface area contributed by atoms with Gasteiger partial charge in [-0.3, -0.25) is 0 Å². The van der Waals surface area contributed by atoms with Crippen molar-refractivity contribution in [2.45, 2.75) is 45.1 Å². The Kier molecular flexibility index (Phi) is 5.02. The summed E-state index contributed by atoms with van der Waals surface area (Å²) >= 11 is 5.86. The first-order chi connectivity index (χ1) is 8.70. The molecule has 0 saturated heterocycles. The Labute approximate surface area is 114 Å². The van der Waals surface area contributed by atoms with Gasteiger partial charge < -0.3 is 5.32 Å². The number of hydrogen-bond donors (Lipinski definition) is 1. The van der Waals surface area contributed by atoms with Crippen molar-refractivity contribution < 1.29 is 4.39 Å². The smallest absolute Gasteiger partial charge is 0.141 e. The Morgan fingerprint density at radius 1 is 1.44 bits per heavy atom. The van der Waals surface area contributed by atoms with Gasteiger partial charge in [0.25, 0.3) is 0 Å². The third-order valence-corrected chi connectivity index (χ3v) is 3.84. The molecule has 0 bridgehead atoms. The maximum Gasteiger partial charge on any atom is 0.141 e. The van der Waals surface area contributed by atoms with Crippen LogP contribution in [-0.4, -0.2) is 6.54 Å². The largest absolute Gasteiger partial charge is 0.310 e. The summed E-state index contributed by atoms with van der Waals surface area (Å²) < 4.78 is 13.2. The topological polar surface area (TPSA) is 12.0 Å². The van der Waals surface area contributed by atoms with E-state index in [2.05, 4.69) is 12.2 Å². The summed E-state index contributed by atoms with van der Waals surface area (Å²) in [6.45, 7) is 3.15. The van der Waals surface area contributed by atoms with Crippen LogP contribution < -0.4 is 5.32 Å². The summed E-state index contributed by atoms with van der Waals surface area (Å²) in [6.07, 6.45) is 6.24. The summed E-state index contributed by atoms with van der Waals surface area (Å²) in [5.74, 6) is 0.587. The second-order valence-electron chi connectivity index (χ2n) is 5.20. The van der Waals surface area contributed by atoms with Crippen molar-refractivity contribution in [1.29, 1.82) is 0 Å². The molecule has 3 heteroatoms. The normalized spacial score (nSPS) is 16.8. The quantitative estimate of drug-likeness (QED) is 0.756. The Hall–Kier alpha value is -0.600. The van der Waals surface area contributed by atoms with Crippen LogP contribution in [0.4, 0.5) is 4.39 Å². The van der Waals surface area contributed by atoms with Gasteiger partial charge in [0.05, 0.1) is 5.02 Å². The summed E-state index contributed by atoms with van der Waals surface area (Å²) in [5, 5.41) is 3.76. The van der Waals surface area contributed by atoms with Crippen LogP contribution in [0.15, 0.2) is 18.2 Å². The van der Waals surface area contributed by atoms with Crippen molar-refractivity contribution in [1.82, 2.24) is 5.32 Å².